The van der Waals surface area contributed by atoms with Crippen molar-refractivity contribution in [3.8, 4) is 0 Å². The molecule has 0 heterocycles. The molecule has 0 atom stereocenters. The third kappa shape index (κ3) is 6.82. The number of halogens is 1. The molecule has 0 fully saturated rings. The Hall–Kier alpha value is -0.580. The predicted octanol–water partition coefficient (Wildman–Crippen LogP) is 3.56. The van der Waals surface area contributed by atoms with E-state index >= 15 is 0 Å². The third-order valence-electron chi connectivity index (χ3n) is 2.02. The summed E-state index contributed by atoms with van der Waals surface area (Å²) in [5.41, 5.74) is 2.14. The molecule has 0 aliphatic rings. The monoisotopic (exact) mass is 334 g/mol. The van der Waals surface area contributed by atoms with Crippen molar-refractivity contribution in [3.05, 3.63) is 35.4 Å². The lowest BCUT2D eigenvalue weighted by molar-refractivity contribution is -0.136. The highest BCUT2D eigenvalue weighted by Crippen LogP contribution is 2.10. The number of carboxylic acids is 1. The van der Waals surface area contributed by atoms with Gasteiger partial charge in [0.15, 0.2) is 0 Å². The van der Waals surface area contributed by atoms with Gasteiger partial charge in [-0.05, 0) is 28.4 Å². The maximum atomic E-state index is 10.4. The van der Waals surface area contributed by atoms with Crippen LogP contribution < -0.4 is 0 Å². The van der Waals surface area contributed by atoms with Gasteiger partial charge in [0.25, 0.3) is 0 Å². The predicted molar refractivity (Wildman–Crippen MR) is 76.3 cm³/mol. The Kier molecular flexibility index (Phi) is 8.25. The van der Waals surface area contributed by atoms with Gasteiger partial charge in [0.1, 0.15) is 0 Å². The van der Waals surface area contributed by atoms with E-state index in [-0.39, 0.29) is 6.42 Å². The molecule has 0 spiro atoms. The zero-order valence-electron chi connectivity index (χ0n) is 10.0. The molecule has 0 saturated carbocycles. The van der Waals surface area contributed by atoms with Crippen LogP contribution in [0.4, 0.5) is 0 Å². The van der Waals surface area contributed by atoms with Gasteiger partial charge in [-0.25, -0.2) is 0 Å². The van der Waals surface area contributed by atoms with E-state index in [1.165, 1.54) is 5.56 Å². The minimum atomic E-state index is -0.776. The zero-order chi connectivity index (χ0) is 12.6. The number of benzene rings is 1. The number of carbonyl (C=O) groups is 1. The fraction of sp³-hybridized carbons (Fsp3) is 0.462. The lowest BCUT2D eigenvalue weighted by atomic mass is 10.0. The summed E-state index contributed by atoms with van der Waals surface area (Å²) in [5.74, 6) is -0.137. The summed E-state index contributed by atoms with van der Waals surface area (Å²) < 4.78 is 0. The lowest BCUT2D eigenvalue weighted by Crippen LogP contribution is -2.00. The van der Waals surface area contributed by atoms with Gasteiger partial charge in [-0.15, -0.1) is 0 Å². The number of alkyl halides is 1. The molecule has 0 aliphatic heterocycles. The highest BCUT2D eigenvalue weighted by Gasteiger charge is 2.01. The minimum Gasteiger partial charge on any atom is -0.481 e. The maximum Gasteiger partial charge on any atom is 0.307 e. The normalized spacial score (nSPS) is 9.56. The van der Waals surface area contributed by atoms with Crippen LogP contribution in [0, 0.1) is 5.92 Å². The van der Waals surface area contributed by atoms with Gasteiger partial charge in [0.05, 0.1) is 6.42 Å². The fourth-order valence-electron chi connectivity index (χ4n) is 1.44. The summed E-state index contributed by atoms with van der Waals surface area (Å²) in [4.78, 5) is 12.4. The molecule has 2 nitrogen and oxygen atoms in total. The van der Waals surface area contributed by atoms with Crippen molar-refractivity contribution in [1.29, 1.82) is 0 Å². The Labute approximate surface area is 111 Å². The molecule has 0 bridgehead atoms. The molecule has 1 rings (SSSR count). The average Bonchev–Trinajstić information content (AvgIpc) is 2.22. The van der Waals surface area contributed by atoms with Crippen LogP contribution in [0.25, 0.3) is 0 Å². The van der Waals surface area contributed by atoms with E-state index < -0.39 is 5.97 Å². The van der Waals surface area contributed by atoms with E-state index in [2.05, 4.69) is 36.4 Å². The van der Waals surface area contributed by atoms with Crippen LogP contribution in [-0.4, -0.2) is 16.0 Å². The molecule has 0 radical (unpaired) electrons. The Morgan fingerprint density at radius 2 is 1.62 bits per heavy atom. The largest absolute Gasteiger partial charge is 0.481 e. The second-order valence-corrected chi connectivity index (χ2v) is 3.98. The van der Waals surface area contributed by atoms with E-state index in [1.54, 1.807) is 0 Å². The van der Waals surface area contributed by atoms with E-state index in [4.69, 9.17) is 5.11 Å². The first-order chi connectivity index (χ1) is 7.58. The number of rotatable bonds is 4. The first-order valence-electron chi connectivity index (χ1n) is 5.25. The molecule has 3 heteroatoms. The Bertz CT molecular complexity index is 304. The summed E-state index contributed by atoms with van der Waals surface area (Å²) >= 11 is 2.15. The van der Waals surface area contributed by atoms with E-state index in [1.807, 2.05) is 29.2 Å². The fourth-order valence-corrected chi connectivity index (χ4v) is 1.44. The summed E-state index contributed by atoms with van der Waals surface area (Å²) in [7, 11) is 0. The zero-order valence-corrected chi connectivity index (χ0v) is 12.2. The molecule has 0 aromatic heterocycles. The lowest BCUT2D eigenvalue weighted by Gasteiger charge is -2.05. The number of hydrogen-bond acceptors (Lipinski definition) is 1. The summed E-state index contributed by atoms with van der Waals surface area (Å²) in [6.07, 6.45) is 1.16. The number of carboxylic acid groups (broad SMARTS) is 1. The van der Waals surface area contributed by atoms with Gasteiger partial charge in [0.2, 0.25) is 0 Å². The van der Waals surface area contributed by atoms with Crippen molar-refractivity contribution in [2.45, 2.75) is 26.7 Å². The molecule has 0 amide bonds. The van der Waals surface area contributed by atoms with Crippen LogP contribution >= 0.6 is 22.6 Å². The smallest absolute Gasteiger partial charge is 0.307 e. The van der Waals surface area contributed by atoms with Crippen LogP contribution in [0.15, 0.2) is 24.3 Å². The average molecular weight is 334 g/mol. The SMILES string of the molecule is CC(C)Cc1ccc(CC(=O)O)cc1.CI. The van der Waals surface area contributed by atoms with Crippen LogP contribution in [0.1, 0.15) is 25.0 Å². The van der Waals surface area contributed by atoms with E-state index in [0.29, 0.717) is 5.92 Å². The van der Waals surface area contributed by atoms with Gasteiger partial charge < -0.3 is 5.11 Å². The molecule has 0 saturated heterocycles. The maximum absolute atomic E-state index is 10.4. The van der Waals surface area contributed by atoms with Gasteiger partial charge >= 0.3 is 5.97 Å². The molecule has 1 aromatic rings. The van der Waals surface area contributed by atoms with Gasteiger partial charge in [-0.2, -0.15) is 0 Å². The van der Waals surface area contributed by atoms with Crippen LogP contribution in [-0.2, 0) is 17.6 Å². The quantitative estimate of drug-likeness (QED) is 0.675. The Balaban J connectivity index is 0.00000106. The second-order valence-electron chi connectivity index (χ2n) is 3.98. The Morgan fingerprint density at radius 3 is 2.00 bits per heavy atom. The van der Waals surface area contributed by atoms with E-state index in [9.17, 15) is 4.79 Å². The summed E-state index contributed by atoms with van der Waals surface area (Å²) in [5, 5.41) is 8.58. The third-order valence-corrected chi connectivity index (χ3v) is 2.02. The summed E-state index contributed by atoms with van der Waals surface area (Å²) in [6.45, 7) is 4.34. The van der Waals surface area contributed by atoms with Crippen LogP contribution in [0.5, 0.6) is 0 Å². The van der Waals surface area contributed by atoms with Gasteiger partial charge in [-0.3, -0.25) is 4.79 Å². The topological polar surface area (TPSA) is 37.3 Å². The Morgan fingerprint density at radius 1 is 1.19 bits per heavy atom. The van der Waals surface area contributed by atoms with Crippen LogP contribution in [0.3, 0.4) is 0 Å². The molecular weight excluding hydrogens is 315 g/mol. The second kappa shape index (κ2) is 8.56. The highest BCUT2D eigenvalue weighted by atomic mass is 127. The van der Waals surface area contributed by atoms with Crippen molar-refractivity contribution in [1.82, 2.24) is 0 Å². The van der Waals surface area contributed by atoms with Gasteiger partial charge in [0, 0.05) is 0 Å². The first-order valence-corrected chi connectivity index (χ1v) is 7.41. The highest BCUT2D eigenvalue weighted by molar-refractivity contribution is 14.1. The molecule has 90 valence electrons. The van der Waals surface area contributed by atoms with Crippen molar-refractivity contribution in [3.63, 3.8) is 0 Å². The number of aliphatic carboxylic acids is 1. The summed E-state index contributed by atoms with van der Waals surface area (Å²) in [6, 6.07) is 7.81. The molecule has 0 unspecified atom stereocenters. The minimum absolute atomic E-state index is 0.113. The van der Waals surface area contributed by atoms with Gasteiger partial charge in [-0.1, -0.05) is 60.7 Å². The first kappa shape index (κ1) is 15.4. The van der Waals surface area contributed by atoms with Crippen molar-refractivity contribution in [2.24, 2.45) is 5.92 Å². The number of hydrogen-bond donors (Lipinski definition) is 1. The molecule has 0 aliphatic carbocycles. The standard InChI is InChI=1S/C12H16O2.CH3I/c1-9(2)7-10-3-5-11(6-4-10)8-12(13)14;1-2/h3-6,9H,7-8H2,1-2H3,(H,13,14);1H3. The van der Waals surface area contributed by atoms with Crippen molar-refractivity contribution >= 4 is 28.6 Å². The van der Waals surface area contributed by atoms with Crippen LogP contribution in [0.2, 0.25) is 0 Å². The molecule has 1 N–H and O–H groups in total. The van der Waals surface area contributed by atoms with E-state index in [0.717, 1.165) is 12.0 Å². The molecule has 16 heavy (non-hydrogen) atoms. The molecule has 1 aromatic carbocycles. The van der Waals surface area contributed by atoms with Crippen molar-refractivity contribution < 1.29 is 9.90 Å². The molecular formula is C13H19IO2. The van der Waals surface area contributed by atoms with Crippen molar-refractivity contribution in [2.75, 3.05) is 4.93 Å².